The molecule has 1 heterocycles. The third-order valence-corrected chi connectivity index (χ3v) is 1.94. The van der Waals surface area contributed by atoms with E-state index in [1.807, 2.05) is 12.4 Å². The number of H-pyrrole nitrogens is 1. The van der Waals surface area contributed by atoms with Crippen LogP contribution in [0, 0.1) is 0 Å². The number of ether oxygens (including phenoxy) is 1. The highest BCUT2D eigenvalue weighted by Crippen LogP contribution is 2.04. The number of nitrogens with one attached hydrogen (secondary N) is 2. The lowest BCUT2D eigenvalue weighted by atomic mass is 10.1. The molecule has 74 valence electrons. The molecular formula is C10H18N2O. The van der Waals surface area contributed by atoms with Crippen LogP contribution in [-0.2, 0) is 11.3 Å². The van der Waals surface area contributed by atoms with Crippen LogP contribution in [0.15, 0.2) is 18.5 Å². The Hall–Kier alpha value is -0.800. The van der Waals surface area contributed by atoms with Gasteiger partial charge in [0, 0.05) is 31.6 Å². The van der Waals surface area contributed by atoms with Gasteiger partial charge < -0.3 is 15.0 Å². The summed E-state index contributed by atoms with van der Waals surface area (Å²) in [5.74, 6) is 0. The predicted octanol–water partition coefficient (Wildman–Crippen LogP) is 1.53. The van der Waals surface area contributed by atoms with Crippen molar-refractivity contribution in [3.8, 4) is 0 Å². The second kappa shape index (κ2) is 4.44. The number of aromatic nitrogens is 1. The molecule has 0 aliphatic heterocycles. The Kier molecular flexibility index (Phi) is 3.51. The lowest BCUT2D eigenvalue weighted by Gasteiger charge is -2.25. The minimum atomic E-state index is 0.0337. The maximum absolute atomic E-state index is 5.11. The second-order valence-electron chi connectivity index (χ2n) is 3.89. The van der Waals surface area contributed by atoms with Gasteiger partial charge in [0.1, 0.15) is 0 Å². The molecule has 0 saturated heterocycles. The summed E-state index contributed by atoms with van der Waals surface area (Å²) in [6, 6.07) is 2.07. The molecule has 3 nitrogen and oxygen atoms in total. The van der Waals surface area contributed by atoms with E-state index in [-0.39, 0.29) is 5.54 Å². The first-order valence-electron chi connectivity index (χ1n) is 4.50. The van der Waals surface area contributed by atoms with Crippen molar-refractivity contribution in [2.24, 2.45) is 0 Å². The monoisotopic (exact) mass is 182 g/mol. The Morgan fingerprint density at radius 1 is 1.54 bits per heavy atom. The van der Waals surface area contributed by atoms with Gasteiger partial charge in [-0.2, -0.15) is 0 Å². The van der Waals surface area contributed by atoms with E-state index in [2.05, 4.69) is 30.2 Å². The normalized spacial score (nSPS) is 11.9. The molecule has 0 aliphatic carbocycles. The molecule has 0 amide bonds. The van der Waals surface area contributed by atoms with Crippen LogP contribution in [0.25, 0.3) is 0 Å². The van der Waals surface area contributed by atoms with E-state index < -0.39 is 0 Å². The standard InChI is InChI=1S/C10H18N2O/c1-10(2,8-13-3)12-7-9-4-5-11-6-9/h4-6,11-12H,7-8H2,1-3H3. The van der Waals surface area contributed by atoms with Gasteiger partial charge in [-0.05, 0) is 25.5 Å². The average Bonchev–Trinajstić information content (AvgIpc) is 2.52. The zero-order chi connectivity index (χ0) is 9.73. The van der Waals surface area contributed by atoms with E-state index in [9.17, 15) is 0 Å². The molecule has 0 aliphatic rings. The van der Waals surface area contributed by atoms with Crippen LogP contribution < -0.4 is 5.32 Å². The van der Waals surface area contributed by atoms with E-state index in [0.29, 0.717) is 0 Å². The minimum Gasteiger partial charge on any atom is -0.383 e. The predicted molar refractivity (Wildman–Crippen MR) is 53.6 cm³/mol. The fraction of sp³-hybridized carbons (Fsp3) is 0.600. The molecular weight excluding hydrogens is 164 g/mol. The van der Waals surface area contributed by atoms with Crippen LogP contribution in [0.2, 0.25) is 0 Å². The summed E-state index contributed by atoms with van der Waals surface area (Å²) >= 11 is 0. The highest BCUT2D eigenvalue weighted by molar-refractivity contribution is 5.08. The molecule has 0 spiro atoms. The summed E-state index contributed by atoms with van der Waals surface area (Å²) in [4.78, 5) is 3.03. The van der Waals surface area contributed by atoms with Crippen molar-refractivity contribution in [3.05, 3.63) is 24.0 Å². The Balaban J connectivity index is 2.33. The summed E-state index contributed by atoms with van der Waals surface area (Å²) in [6.07, 6.45) is 3.93. The van der Waals surface area contributed by atoms with Crippen molar-refractivity contribution in [2.45, 2.75) is 25.9 Å². The summed E-state index contributed by atoms with van der Waals surface area (Å²) in [7, 11) is 1.72. The van der Waals surface area contributed by atoms with Gasteiger partial charge in [-0.3, -0.25) is 0 Å². The highest BCUT2D eigenvalue weighted by Gasteiger charge is 2.15. The van der Waals surface area contributed by atoms with Crippen LogP contribution in [0.3, 0.4) is 0 Å². The average molecular weight is 182 g/mol. The number of aromatic amines is 1. The van der Waals surface area contributed by atoms with Crippen LogP contribution in [0.1, 0.15) is 19.4 Å². The third kappa shape index (κ3) is 3.61. The molecule has 0 fully saturated rings. The minimum absolute atomic E-state index is 0.0337. The van der Waals surface area contributed by atoms with E-state index in [4.69, 9.17) is 4.74 Å². The van der Waals surface area contributed by atoms with Gasteiger partial charge in [0.15, 0.2) is 0 Å². The van der Waals surface area contributed by atoms with Gasteiger partial charge in [-0.1, -0.05) is 0 Å². The third-order valence-electron chi connectivity index (χ3n) is 1.94. The van der Waals surface area contributed by atoms with Crippen molar-refractivity contribution in [2.75, 3.05) is 13.7 Å². The zero-order valence-corrected chi connectivity index (χ0v) is 8.55. The first kappa shape index (κ1) is 10.3. The van der Waals surface area contributed by atoms with Gasteiger partial charge in [-0.15, -0.1) is 0 Å². The van der Waals surface area contributed by atoms with Crippen LogP contribution in [-0.4, -0.2) is 24.2 Å². The molecule has 2 N–H and O–H groups in total. The van der Waals surface area contributed by atoms with Gasteiger partial charge in [0.2, 0.25) is 0 Å². The highest BCUT2D eigenvalue weighted by atomic mass is 16.5. The van der Waals surface area contributed by atoms with Gasteiger partial charge >= 0.3 is 0 Å². The van der Waals surface area contributed by atoms with Crippen LogP contribution in [0.5, 0.6) is 0 Å². The quantitative estimate of drug-likeness (QED) is 0.724. The smallest absolute Gasteiger partial charge is 0.0639 e. The number of methoxy groups -OCH3 is 1. The molecule has 0 unspecified atom stereocenters. The Labute approximate surface area is 79.5 Å². The zero-order valence-electron chi connectivity index (χ0n) is 8.55. The first-order valence-corrected chi connectivity index (χ1v) is 4.50. The Morgan fingerprint density at radius 3 is 2.85 bits per heavy atom. The lowest BCUT2D eigenvalue weighted by molar-refractivity contribution is 0.128. The maximum atomic E-state index is 5.11. The molecule has 1 aromatic rings. The lowest BCUT2D eigenvalue weighted by Crippen LogP contribution is -2.42. The summed E-state index contributed by atoms with van der Waals surface area (Å²) in [5.41, 5.74) is 1.30. The molecule has 0 atom stereocenters. The van der Waals surface area contributed by atoms with Crippen LogP contribution >= 0.6 is 0 Å². The van der Waals surface area contributed by atoms with Gasteiger partial charge in [0.25, 0.3) is 0 Å². The molecule has 0 saturated carbocycles. The fourth-order valence-electron chi connectivity index (χ4n) is 1.22. The van der Waals surface area contributed by atoms with Crippen molar-refractivity contribution >= 4 is 0 Å². The largest absolute Gasteiger partial charge is 0.383 e. The SMILES string of the molecule is COCC(C)(C)NCc1cc[nH]c1. The summed E-state index contributed by atoms with van der Waals surface area (Å²) in [5, 5.41) is 3.42. The van der Waals surface area contributed by atoms with Crippen molar-refractivity contribution in [1.82, 2.24) is 10.3 Å². The van der Waals surface area contributed by atoms with Crippen LogP contribution in [0.4, 0.5) is 0 Å². The summed E-state index contributed by atoms with van der Waals surface area (Å²) in [6.45, 7) is 5.85. The van der Waals surface area contributed by atoms with E-state index >= 15 is 0 Å². The van der Waals surface area contributed by atoms with Crippen molar-refractivity contribution in [1.29, 1.82) is 0 Å². The molecule has 0 bridgehead atoms. The first-order chi connectivity index (χ1) is 6.14. The maximum Gasteiger partial charge on any atom is 0.0639 e. The van der Waals surface area contributed by atoms with Crippen molar-refractivity contribution < 1.29 is 4.74 Å². The fourth-order valence-corrected chi connectivity index (χ4v) is 1.22. The molecule has 1 aromatic heterocycles. The van der Waals surface area contributed by atoms with Gasteiger partial charge in [-0.25, -0.2) is 0 Å². The number of rotatable bonds is 5. The van der Waals surface area contributed by atoms with Crippen molar-refractivity contribution in [3.63, 3.8) is 0 Å². The number of hydrogen-bond acceptors (Lipinski definition) is 2. The second-order valence-corrected chi connectivity index (χ2v) is 3.89. The topological polar surface area (TPSA) is 37.0 Å². The molecule has 13 heavy (non-hydrogen) atoms. The van der Waals surface area contributed by atoms with E-state index in [0.717, 1.165) is 13.2 Å². The molecule has 0 aromatic carbocycles. The van der Waals surface area contributed by atoms with Gasteiger partial charge in [0.05, 0.1) is 6.61 Å². The van der Waals surface area contributed by atoms with E-state index in [1.165, 1.54) is 5.56 Å². The number of hydrogen-bond donors (Lipinski definition) is 2. The summed E-state index contributed by atoms with van der Waals surface area (Å²) < 4.78 is 5.11. The Bertz CT molecular complexity index is 229. The Morgan fingerprint density at radius 2 is 2.31 bits per heavy atom. The van der Waals surface area contributed by atoms with E-state index in [1.54, 1.807) is 7.11 Å². The molecule has 3 heteroatoms. The molecule has 0 radical (unpaired) electrons. The molecule has 1 rings (SSSR count).